The number of sulfonamides is 1. The van der Waals surface area contributed by atoms with Crippen molar-refractivity contribution >= 4 is 21.6 Å². The lowest BCUT2D eigenvalue weighted by molar-refractivity contribution is -0.274. The number of anilines is 1. The minimum atomic E-state index is -4.88. The monoisotopic (exact) mass is 360 g/mol. The molecule has 0 atom stereocenters. The SMILES string of the molecule is NS(=O)(=O)c1cccc(NC(=O)c2cccc(OC(F)(F)F)c2)c1. The lowest BCUT2D eigenvalue weighted by Gasteiger charge is -2.10. The van der Waals surface area contributed by atoms with Crippen LogP contribution in [0.1, 0.15) is 10.4 Å². The minimum absolute atomic E-state index is 0.0993. The molecule has 1 amide bonds. The Hall–Kier alpha value is -2.59. The number of amides is 1. The van der Waals surface area contributed by atoms with Gasteiger partial charge in [-0.25, -0.2) is 13.6 Å². The number of ether oxygens (including phenoxy) is 1. The summed E-state index contributed by atoms with van der Waals surface area (Å²) in [7, 11) is -3.95. The van der Waals surface area contributed by atoms with E-state index < -0.39 is 28.0 Å². The lowest BCUT2D eigenvalue weighted by atomic mass is 10.2. The van der Waals surface area contributed by atoms with Gasteiger partial charge in [-0.1, -0.05) is 12.1 Å². The number of carbonyl (C=O) groups excluding carboxylic acids is 1. The van der Waals surface area contributed by atoms with Crippen LogP contribution in [0.3, 0.4) is 0 Å². The predicted molar refractivity (Wildman–Crippen MR) is 78.9 cm³/mol. The largest absolute Gasteiger partial charge is 0.573 e. The molecule has 0 aliphatic rings. The normalized spacial score (nSPS) is 11.8. The highest BCUT2D eigenvalue weighted by Gasteiger charge is 2.31. The summed E-state index contributed by atoms with van der Waals surface area (Å²) in [6.07, 6.45) is -4.88. The summed E-state index contributed by atoms with van der Waals surface area (Å²) < 4.78 is 62.8. The van der Waals surface area contributed by atoms with Gasteiger partial charge in [0.1, 0.15) is 5.75 Å². The van der Waals surface area contributed by atoms with E-state index in [1.807, 2.05) is 0 Å². The van der Waals surface area contributed by atoms with Crippen molar-refractivity contribution in [3.8, 4) is 5.75 Å². The van der Waals surface area contributed by atoms with Crippen LogP contribution in [0.15, 0.2) is 53.4 Å². The Bertz CT molecular complexity index is 866. The van der Waals surface area contributed by atoms with Gasteiger partial charge in [0.05, 0.1) is 4.90 Å². The Labute approximate surface area is 135 Å². The molecule has 0 heterocycles. The molecule has 0 aliphatic heterocycles. The summed E-state index contributed by atoms with van der Waals surface area (Å²) in [6.45, 7) is 0. The number of hydrogen-bond acceptors (Lipinski definition) is 4. The average Bonchev–Trinajstić information content (AvgIpc) is 2.45. The second-order valence-corrected chi connectivity index (χ2v) is 6.16. The molecule has 0 aliphatic carbocycles. The van der Waals surface area contributed by atoms with Crippen molar-refractivity contribution in [2.24, 2.45) is 5.14 Å². The molecule has 10 heteroatoms. The van der Waals surface area contributed by atoms with Gasteiger partial charge >= 0.3 is 6.36 Å². The summed E-state index contributed by atoms with van der Waals surface area (Å²) in [6, 6.07) is 9.59. The number of nitrogens with two attached hydrogens (primary N) is 1. The molecule has 2 aromatic carbocycles. The summed E-state index contributed by atoms with van der Waals surface area (Å²) in [5.41, 5.74) is 0.0198. The number of benzene rings is 2. The van der Waals surface area contributed by atoms with Gasteiger partial charge in [0, 0.05) is 11.3 Å². The number of nitrogens with one attached hydrogen (secondary N) is 1. The molecule has 0 saturated heterocycles. The lowest BCUT2D eigenvalue weighted by Crippen LogP contribution is -2.18. The molecular weight excluding hydrogens is 349 g/mol. The zero-order valence-corrected chi connectivity index (χ0v) is 12.7. The van der Waals surface area contributed by atoms with Crippen molar-refractivity contribution < 1.29 is 31.1 Å². The quantitative estimate of drug-likeness (QED) is 0.875. The van der Waals surface area contributed by atoms with E-state index in [0.717, 1.165) is 18.2 Å². The Morgan fingerprint density at radius 3 is 2.38 bits per heavy atom. The van der Waals surface area contributed by atoms with Crippen LogP contribution in [0.2, 0.25) is 0 Å². The number of primary sulfonamides is 1. The molecule has 6 nitrogen and oxygen atoms in total. The summed E-state index contributed by atoms with van der Waals surface area (Å²) in [4.78, 5) is 11.9. The van der Waals surface area contributed by atoms with Crippen molar-refractivity contribution in [1.29, 1.82) is 0 Å². The highest BCUT2D eigenvalue weighted by Crippen LogP contribution is 2.24. The molecule has 0 spiro atoms. The number of rotatable bonds is 4. The van der Waals surface area contributed by atoms with Gasteiger partial charge in [-0.3, -0.25) is 4.79 Å². The van der Waals surface area contributed by atoms with E-state index in [4.69, 9.17) is 5.14 Å². The predicted octanol–water partition coefficient (Wildman–Crippen LogP) is 2.48. The van der Waals surface area contributed by atoms with Gasteiger partial charge in [0.15, 0.2) is 0 Å². The molecule has 0 aromatic heterocycles. The molecule has 0 bridgehead atoms. The molecule has 2 rings (SSSR count). The molecule has 0 unspecified atom stereocenters. The van der Waals surface area contributed by atoms with Crippen molar-refractivity contribution in [2.45, 2.75) is 11.3 Å². The Morgan fingerprint density at radius 1 is 1.08 bits per heavy atom. The average molecular weight is 360 g/mol. The van der Waals surface area contributed by atoms with E-state index in [-0.39, 0.29) is 16.1 Å². The first kappa shape index (κ1) is 17.8. The van der Waals surface area contributed by atoms with Crippen molar-refractivity contribution in [1.82, 2.24) is 0 Å². The maximum Gasteiger partial charge on any atom is 0.573 e. The Morgan fingerprint density at radius 2 is 1.75 bits per heavy atom. The smallest absolute Gasteiger partial charge is 0.406 e. The number of halogens is 3. The topological polar surface area (TPSA) is 98.5 Å². The summed E-state index contributed by atoms with van der Waals surface area (Å²) in [5.74, 6) is -1.29. The van der Waals surface area contributed by atoms with Crippen LogP contribution >= 0.6 is 0 Å². The summed E-state index contributed by atoms with van der Waals surface area (Å²) in [5, 5.41) is 7.35. The number of hydrogen-bond donors (Lipinski definition) is 2. The van der Waals surface area contributed by atoms with Gasteiger partial charge in [-0.15, -0.1) is 13.2 Å². The third kappa shape index (κ3) is 4.96. The highest BCUT2D eigenvalue weighted by molar-refractivity contribution is 7.89. The van der Waals surface area contributed by atoms with Gasteiger partial charge < -0.3 is 10.1 Å². The Kier molecular flexibility index (Phi) is 4.81. The second-order valence-electron chi connectivity index (χ2n) is 4.60. The van der Waals surface area contributed by atoms with Crippen LogP contribution in [-0.4, -0.2) is 20.7 Å². The standard InChI is InChI=1S/C14H11F3N2O4S/c15-14(16,17)23-11-5-1-3-9(7-11)13(20)19-10-4-2-6-12(8-10)24(18,21)22/h1-8H,(H,19,20)(H2,18,21,22). The molecule has 0 radical (unpaired) electrons. The molecule has 0 saturated carbocycles. The fraction of sp³-hybridized carbons (Fsp3) is 0.0714. The van der Waals surface area contributed by atoms with Crippen molar-refractivity contribution in [3.63, 3.8) is 0 Å². The van der Waals surface area contributed by atoms with Crippen LogP contribution in [-0.2, 0) is 10.0 Å². The van der Waals surface area contributed by atoms with Crippen molar-refractivity contribution in [2.75, 3.05) is 5.32 Å². The fourth-order valence-electron chi connectivity index (χ4n) is 1.79. The molecule has 128 valence electrons. The van der Waals surface area contributed by atoms with Gasteiger partial charge in [-0.2, -0.15) is 0 Å². The van der Waals surface area contributed by atoms with E-state index in [1.165, 1.54) is 30.3 Å². The first-order valence-corrected chi connectivity index (χ1v) is 7.89. The third-order valence-corrected chi connectivity index (χ3v) is 3.66. The zero-order valence-electron chi connectivity index (χ0n) is 11.9. The minimum Gasteiger partial charge on any atom is -0.406 e. The van der Waals surface area contributed by atoms with E-state index in [0.29, 0.717) is 0 Å². The summed E-state index contributed by atoms with van der Waals surface area (Å²) >= 11 is 0. The van der Waals surface area contributed by atoms with E-state index in [2.05, 4.69) is 10.1 Å². The first-order valence-electron chi connectivity index (χ1n) is 6.35. The molecular formula is C14H11F3N2O4S. The number of alkyl halides is 3. The first-order chi connectivity index (χ1) is 11.0. The molecule has 3 N–H and O–H groups in total. The number of carbonyl (C=O) groups is 1. The molecule has 24 heavy (non-hydrogen) atoms. The maximum absolute atomic E-state index is 12.2. The van der Waals surface area contributed by atoms with Gasteiger partial charge in [0.2, 0.25) is 10.0 Å². The third-order valence-electron chi connectivity index (χ3n) is 2.75. The van der Waals surface area contributed by atoms with E-state index >= 15 is 0 Å². The maximum atomic E-state index is 12.2. The van der Waals surface area contributed by atoms with Gasteiger partial charge in [0.25, 0.3) is 5.91 Å². The fourth-order valence-corrected chi connectivity index (χ4v) is 2.35. The van der Waals surface area contributed by atoms with E-state index in [1.54, 1.807) is 0 Å². The van der Waals surface area contributed by atoms with Crippen LogP contribution in [0.25, 0.3) is 0 Å². The zero-order chi connectivity index (χ0) is 18.0. The van der Waals surface area contributed by atoms with Crippen LogP contribution in [0, 0.1) is 0 Å². The van der Waals surface area contributed by atoms with Gasteiger partial charge in [-0.05, 0) is 36.4 Å². The van der Waals surface area contributed by atoms with Crippen molar-refractivity contribution in [3.05, 3.63) is 54.1 Å². The van der Waals surface area contributed by atoms with Crippen LogP contribution < -0.4 is 15.2 Å². The molecule has 0 fully saturated rings. The highest BCUT2D eigenvalue weighted by atomic mass is 32.2. The molecule has 2 aromatic rings. The van der Waals surface area contributed by atoms with E-state index in [9.17, 15) is 26.4 Å². The van der Waals surface area contributed by atoms with Crippen LogP contribution in [0.4, 0.5) is 18.9 Å². The van der Waals surface area contributed by atoms with Crippen LogP contribution in [0.5, 0.6) is 5.75 Å². The Balaban J connectivity index is 2.20. The second kappa shape index (κ2) is 6.49.